The van der Waals surface area contributed by atoms with E-state index in [1.807, 2.05) is 0 Å². The summed E-state index contributed by atoms with van der Waals surface area (Å²) in [4.78, 5) is 23.8. The van der Waals surface area contributed by atoms with Gasteiger partial charge < -0.3 is 24.8 Å². The molecule has 118 valence electrons. The van der Waals surface area contributed by atoms with E-state index in [-0.39, 0.29) is 6.79 Å². The van der Waals surface area contributed by atoms with Crippen molar-refractivity contribution in [2.45, 2.75) is 0 Å². The van der Waals surface area contributed by atoms with Crippen LogP contribution in [0.5, 0.6) is 17.2 Å². The van der Waals surface area contributed by atoms with Crippen molar-refractivity contribution in [2.24, 2.45) is 0 Å². The maximum atomic E-state index is 11.9. The van der Waals surface area contributed by atoms with E-state index in [1.54, 1.807) is 49.6 Å². The molecule has 23 heavy (non-hydrogen) atoms. The molecule has 0 atom stereocenters. The second kappa shape index (κ2) is 6.27. The van der Waals surface area contributed by atoms with E-state index in [0.717, 1.165) is 0 Å². The number of nitrogens with one attached hydrogen (secondary N) is 2. The Hall–Kier alpha value is -3.22. The number of ether oxygens (including phenoxy) is 3. The zero-order valence-electron chi connectivity index (χ0n) is 12.3. The molecule has 0 bridgehead atoms. The number of hydrogen-bond donors (Lipinski definition) is 2. The van der Waals surface area contributed by atoms with Crippen molar-refractivity contribution in [3.63, 3.8) is 0 Å². The van der Waals surface area contributed by atoms with Crippen LogP contribution in [0.1, 0.15) is 0 Å². The van der Waals surface area contributed by atoms with Gasteiger partial charge in [0.2, 0.25) is 6.79 Å². The zero-order valence-corrected chi connectivity index (χ0v) is 12.3. The average molecular weight is 314 g/mol. The maximum Gasteiger partial charge on any atom is 0.314 e. The molecule has 0 saturated heterocycles. The second-order valence-electron chi connectivity index (χ2n) is 4.70. The minimum atomic E-state index is -0.778. The van der Waals surface area contributed by atoms with Gasteiger partial charge in [-0.3, -0.25) is 9.59 Å². The van der Waals surface area contributed by atoms with Gasteiger partial charge in [-0.2, -0.15) is 0 Å². The third-order valence-corrected chi connectivity index (χ3v) is 3.18. The quantitative estimate of drug-likeness (QED) is 0.846. The van der Waals surface area contributed by atoms with Crippen LogP contribution in [0, 0.1) is 0 Å². The van der Waals surface area contributed by atoms with E-state index in [0.29, 0.717) is 28.6 Å². The highest BCUT2D eigenvalue weighted by Gasteiger charge is 2.17. The van der Waals surface area contributed by atoms with Crippen LogP contribution in [0.3, 0.4) is 0 Å². The SMILES string of the molecule is COc1ccc(NC(=O)C(=O)Nc2ccc3c(c2)OCO3)cc1. The van der Waals surface area contributed by atoms with Gasteiger partial charge >= 0.3 is 11.8 Å². The first kappa shape index (κ1) is 14.7. The van der Waals surface area contributed by atoms with Crippen LogP contribution < -0.4 is 24.8 Å². The molecular formula is C16H14N2O5. The van der Waals surface area contributed by atoms with Gasteiger partial charge in [0.05, 0.1) is 7.11 Å². The molecule has 0 radical (unpaired) electrons. The van der Waals surface area contributed by atoms with E-state index in [1.165, 1.54) is 0 Å². The fraction of sp³-hybridized carbons (Fsp3) is 0.125. The molecule has 2 N–H and O–H groups in total. The van der Waals surface area contributed by atoms with Crippen LogP contribution in [0.2, 0.25) is 0 Å². The molecule has 2 aromatic rings. The number of carbonyl (C=O) groups excluding carboxylic acids is 2. The number of benzene rings is 2. The Kier molecular flexibility index (Phi) is 4.01. The van der Waals surface area contributed by atoms with Gasteiger partial charge in [-0.05, 0) is 36.4 Å². The van der Waals surface area contributed by atoms with Crippen LogP contribution >= 0.6 is 0 Å². The average Bonchev–Trinajstić information content (AvgIpc) is 3.03. The zero-order chi connectivity index (χ0) is 16.2. The van der Waals surface area contributed by atoms with Crippen molar-refractivity contribution in [1.29, 1.82) is 0 Å². The first-order valence-electron chi connectivity index (χ1n) is 6.82. The predicted molar refractivity (Wildman–Crippen MR) is 82.8 cm³/mol. The minimum absolute atomic E-state index is 0.144. The van der Waals surface area contributed by atoms with Crippen LogP contribution in [-0.2, 0) is 9.59 Å². The lowest BCUT2D eigenvalue weighted by atomic mass is 10.2. The molecule has 0 spiro atoms. The third-order valence-electron chi connectivity index (χ3n) is 3.18. The van der Waals surface area contributed by atoms with Gasteiger partial charge in [-0.25, -0.2) is 0 Å². The van der Waals surface area contributed by atoms with Gasteiger partial charge in [0, 0.05) is 17.4 Å². The molecule has 0 aromatic heterocycles. The van der Waals surface area contributed by atoms with Gasteiger partial charge in [-0.1, -0.05) is 0 Å². The second-order valence-corrected chi connectivity index (χ2v) is 4.70. The molecule has 2 amide bonds. The molecule has 0 unspecified atom stereocenters. The van der Waals surface area contributed by atoms with Gasteiger partial charge in [-0.15, -0.1) is 0 Å². The Labute approximate surface area is 132 Å². The number of rotatable bonds is 3. The molecule has 0 saturated carbocycles. The van der Waals surface area contributed by atoms with Crippen LogP contribution in [0.25, 0.3) is 0 Å². The standard InChI is InChI=1S/C16H14N2O5/c1-21-12-5-2-10(3-6-12)17-15(19)16(20)18-11-4-7-13-14(8-11)23-9-22-13/h2-8H,9H2,1H3,(H,17,19)(H,18,20). The van der Waals surface area contributed by atoms with E-state index < -0.39 is 11.8 Å². The lowest BCUT2D eigenvalue weighted by molar-refractivity contribution is -0.132. The topological polar surface area (TPSA) is 85.9 Å². The van der Waals surface area contributed by atoms with Crippen molar-refractivity contribution in [2.75, 3.05) is 24.5 Å². The molecule has 1 aliphatic heterocycles. The molecule has 1 heterocycles. The maximum absolute atomic E-state index is 11.9. The summed E-state index contributed by atoms with van der Waals surface area (Å²) in [5.74, 6) is 0.240. The summed E-state index contributed by atoms with van der Waals surface area (Å²) in [7, 11) is 1.55. The number of anilines is 2. The fourth-order valence-electron chi connectivity index (χ4n) is 2.02. The van der Waals surface area contributed by atoms with Gasteiger partial charge in [0.25, 0.3) is 0 Å². The first-order valence-corrected chi connectivity index (χ1v) is 6.82. The van der Waals surface area contributed by atoms with Crippen molar-refractivity contribution in [3.8, 4) is 17.2 Å². The number of methoxy groups -OCH3 is 1. The van der Waals surface area contributed by atoms with Crippen molar-refractivity contribution >= 4 is 23.2 Å². The highest BCUT2D eigenvalue weighted by Crippen LogP contribution is 2.34. The molecular weight excluding hydrogens is 300 g/mol. The molecule has 0 aliphatic carbocycles. The van der Waals surface area contributed by atoms with E-state index in [2.05, 4.69) is 10.6 Å². The summed E-state index contributed by atoms with van der Waals surface area (Å²) in [5.41, 5.74) is 0.945. The van der Waals surface area contributed by atoms with Crippen LogP contribution in [0.4, 0.5) is 11.4 Å². The number of amides is 2. The molecule has 3 rings (SSSR count). The lowest BCUT2D eigenvalue weighted by Gasteiger charge is -2.07. The number of fused-ring (bicyclic) bond motifs is 1. The first-order chi connectivity index (χ1) is 11.2. The summed E-state index contributed by atoms with van der Waals surface area (Å²) >= 11 is 0. The number of carbonyl (C=O) groups is 2. The summed E-state index contributed by atoms with van der Waals surface area (Å²) < 4.78 is 15.4. The minimum Gasteiger partial charge on any atom is -0.497 e. The molecule has 7 heteroatoms. The Morgan fingerprint density at radius 3 is 2.22 bits per heavy atom. The van der Waals surface area contributed by atoms with Crippen molar-refractivity contribution in [1.82, 2.24) is 0 Å². The van der Waals surface area contributed by atoms with E-state index >= 15 is 0 Å². The third kappa shape index (κ3) is 3.34. The van der Waals surface area contributed by atoms with Gasteiger partial charge in [0.1, 0.15) is 5.75 Å². The highest BCUT2D eigenvalue weighted by molar-refractivity contribution is 6.43. The molecule has 7 nitrogen and oxygen atoms in total. The molecule has 2 aromatic carbocycles. The highest BCUT2D eigenvalue weighted by atomic mass is 16.7. The molecule has 1 aliphatic rings. The van der Waals surface area contributed by atoms with Gasteiger partial charge in [0.15, 0.2) is 11.5 Å². The van der Waals surface area contributed by atoms with Crippen molar-refractivity contribution in [3.05, 3.63) is 42.5 Å². The van der Waals surface area contributed by atoms with Crippen molar-refractivity contribution < 1.29 is 23.8 Å². The summed E-state index contributed by atoms with van der Waals surface area (Å²) in [6, 6.07) is 11.6. The van der Waals surface area contributed by atoms with E-state index in [4.69, 9.17) is 14.2 Å². The van der Waals surface area contributed by atoms with E-state index in [9.17, 15) is 9.59 Å². The van der Waals surface area contributed by atoms with Crippen LogP contribution in [0.15, 0.2) is 42.5 Å². The fourth-order valence-corrected chi connectivity index (χ4v) is 2.02. The summed E-state index contributed by atoms with van der Waals surface area (Å²) in [5, 5.41) is 5.01. The Morgan fingerprint density at radius 1 is 0.913 bits per heavy atom. The summed E-state index contributed by atoms with van der Waals surface area (Å²) in [6.07, 6.45) is 0. The molecule has 0 fully saturated rings. The predicted octanol–water partition coefficient (Wildman–Crippen LogP) is 2.00. The largest absolute Gasteiger partial charge is 0.497 e. The van der Waals surface area contributed by atoms with Crippen LogP contribution in [-0.4, -0.2) is 25.7 Å². The number of hydrogen-bond acceptors (Lipinski definition) is 5. The Bertz CT molecular complexity index is 743. The Balaban J connectivity index is 1.62. The monoisotopic (exact) mass is 314 g/mol. The smallest absolute Gasteiger partial charge is 0.314 e. The summed E-state index contributed by atoms with van der Waals surface area (Å²) in [6.45, 7) is 0.144. The normalized spacial score (nSPS) is 11.7. The Morgan fingerprint density at radius 2 is 1.52 bits per heavy atom. The lowest BCUT2D eigenvalue weighted by Crippen LogP contribution is -2.29.